The standard InChI is InChI=1S/C14H21ClN2O3/c1-9(2)17-8-10-6-11(15)7-12(19-3)14(10)20-5-4-13(16)18/h6-7,9,17H,4-5,8H2,1-3H3,(H2,16,18). The van der Waals surface area contributed by atoms with E-state index in [9.17, 15) is 4.79 Å². The van der Waals surface area contributed by atoms with Crippen LogP contribution in [0.3, 0.4) is 0 Å². The SMILES string of the molecule is COc1cc(Cl)cc(CNC(C)C)c1OCCC(N)=O. The largest absolute Gasteiger partial charge is 0.493 e. The molecule has 0 saturated carbocycles. The molecule has 0 aliphatic heterocycles. The topological polar surface area (TPSA) is 73.6 Å². The number of primary amides is 1. The van der Waals surface area contributed by atoms with Gasteiger partial charge in [0.2, 0.25) is 5.91 Å². The van der Waals surface area contributed by atoms with Crippen LogP contribution in [0, 0.1) is 0 Å². The van der Waals surface area contributed by atoms with Crippen LogP contribution in [0.25, 0.3) is 0 Å². The summed E-state index contributed by atoms with van der Waals surface area (Å²) in [6.45, 7) is 4.91. The first kappa shape index (κ1) is 16.6. The van der Waals surface area contributed by atoms with Crippen molar-refractivity contribution >= 4 is 17.5 Å². The molecular formula is C14H21ClN2O3. The Morgan fingerprint density at radius 3 is 2.70 bits per heavy atom. The van der Waals surface area contributed by atoms with Crippen LogP contribution in [0.1, 0.15) is 25.8 Å². The van der Waals surface area contributed by atoms with Crippen molar-refractivity contribution in [2.45, 2.75) is 32.9 Å². The minimum Gasteiger partial charge on any atom is -0.493 e. The van der Waals surface area contributed by atoms with Crippen LogP contribution in [-0.2, 0) is 11.3 Å². The maximum absolute atomic E-state index is 10.8. The molecular weight excluding hydrogens is 280 g/mol. The molecule has 0 radical (unpaired) electrons. The number of rotatable bonds is 8. The summed E-state index contributed by atoms with van der Waals surface area (Å²) in [7, 11) is 1.55. The summed E-state index contributed by atoms with van der Waals surface area (Å²) in [4.78, 5) is 10.8. The molecule has 0 heterocycles. The van der Waals surface area contributed by atoms with E-state index in [0.29, 0.717) is 29.1 Å². The molecule has 0 bridgehead atoms. The zero-order chi connectivity index (χ0) is 15.1. The van der Waals surface area contributed by atoms with Crippen molar-refractivity contribution in [3.8, 4) is 11.5 Å². The highest BCUT2D eigenvalue weighted by Crippen LogP contribution is 2.34. The number of hydrogen-bond donors (Lipinski definition) is 2. The molecule has 1 rings (SSSR count). The molecule has 0 aliphatic carbocycles. The van der Waals surface area contributed by atoms with Gasteiger partial charge in [0.25, 0.3) is 0 Å². The van der Waals surface area contributed by atoms with Crippen LogP contribution < -0.4 is 20.5 Å². The molecule has 1 aromatic carbocycles. The van der Waals surface area contributed by atoms with E-state index in [0.717, 1.165) is 5.56 Å². The molecule has 3 N–H and O–H groups in total. The summed E-state index contributed by atoms with van der Waals surface area (Å²) in [5, 5.41) is 3.87. The molecule has 1 amide bonds. The van der Waals surface area contributed by atoms with Crippen molar-refractivity contribution in [1.82, 2.24) is 5.32 Å². The maximum atomic E-state index is 10.8. The Bertz CT molecular complexity index is 464. The van der Waals surface area contributed by atoms with E-state index in [1.165, 1.54) is 0 Å². The highest BCUT2D eigenvalue weighted by Gasteiger charge is 2.13. The lowest BCUT2D eigenvalue weighted by Gasteiger charge is -2.17. The lowest BCUT2D eigenvalue weighted by atomic mass is 10.1. The smallest absolute Gasteiger partial charge is 0.220 e. The molecule has 112 valence electrons. The number of halogens is 1. The van der Waals surface area contributed by atoms with E-state index in [1.54, 1.807) is 13.2 Å². The fourth-order valence-corrected chi connectivity index (χ4v) is 1.87. The highest BCUT2D eigenvalue weighted by atomic mass is 35.5. The van der Waals surface area contributed by atoms with Crippen LogP contribution in [-0.4, -0.2) is 25.7 Å². The average Bonchev–Trinajstić information content (AvgIpc) is 2.37. The zero-order valence-corrected chi connectivity index (χ0v) is 12.8. The number of carbonyl (C=O) groups is 1. The molecule has 0 aliphatic rings. The fraction of sp³-hybridized carbons (Fsp3) is 0.500. The predicted molar refractivity (Wildman–Crippen MR) is 79.3 cm³/mol. The molecule has 20 heavy (non-hydrogen) atoms. The molecule has 0 atom stereocenters. The second kappa shape index (κ2) is 7.97. The monoisotopic (exact) mass is 300 g/mol. The zero-order valence-electron chi connectivity index (χ0n) is 12.0. The lowest BCUT2D eigenvalue weighted by Crippen LogP contribution is -2.22. The van der Waals surface area contributed by atoms with Crippen LogP contribution in [0.5, 0.6) is 11.5 Å². The normalized spacial score (nSPS) is 10.7. The van der Waals surface area contributed by atoms with Gasteiger partial charge in [-0.3, -0.25) is 4.79 Å². The molecule has 0 fully saturated rings. The van der Waals surface area contributed by atoms with Crippen molar-refractivity contribution in [1.29, 1.82) is 0 Å². The number of benzene rings is 1. The van der Waals surface area contributed by atoms with E-state index in [4.69, 9.17) is 26.8 Å². The van der Waals surface area contributed by atoms with Crippen molar-refractivity contribution in [2.24, 2.45) is 5.73 Å². The quantitative estimate of drug-likeness (QED) is 0.771. The van der Waals surface area contributed by atoms with Crippen LogP contribution in [0.15, 0.2) is 12.1 Å². The van der Waals surface area contributed by atoms with E-state index in [-0.39, 0.29) is 13.0 Å². The summed E-state index contributed by atoms with van der Waals surface area (Å²) in [6, 6.07) is 3.83. The van der Waals surface area contributed by atoms with Gasteiger partial charge in [-0.25, -0.2) is 0 Å². The van der Waals surface area contributed by atoms with Crippen molar-refractivity contribution < 1.29 is 14.3 Å². The molecule has 1 aromatic rings. The minimum atomic E-state index is -0.403. The van der Waals surface area contributed by atoms with Gasteiger partial charge >= 0.3 is 0 Å². The van der Waals surface area contributed by atoms with Gasteiger partial charge in [0.1, 0.15) is 0 Å². The molecule has 0 unspecified atom stereocenters. The third-order valence-corrected chi connectivity index (χ3v) is 2.83. The van der Waals surface area contributed by atoms with Gasteiger partial charge in [-0.05, 0) is 6.07 Å². The Kier molecular flexibility index (Phi) is 6.61. The molecule has 5 nitrogen and oxygen atoms in total. The molecule has 0 saturated heterocycles. The van der Waals surface area contributed by atoms with Gasteiger partial charge in [-0.15, -0.1) is 0 Å². The summed E-state index contributed by atoms with van der Waals surface area (Å²) in [5.74, 6) is 0.730. The second-order valence-corrected chi connectivity index (χ2v) is 5.13. The number of methoxy groups -OCH3 is 1. The molecule has 6 heteroatoms. The Hall–Kier alpha value is -1.46. The van der Waals surface area contributed by atoms with Gasteiger partial charge < -0.3 is 20.5 Å². The minimum absolute atomic E-state index is 0.156. The Morgan fingerprint density at radius 1 is 1.45 bits per heavy atom. The average molecular weight is 301 g/mol. The van der Waals surface area contributed by atoms with E-state index in [1.807, 2.05) is 6.07 Å². The van der Waals surface area contributed by atoms with Crippen molar-refractivity contribution in [2.75, 3.05) is 13.7 Å². The first-order valence-electron chi connectivity index (χ1n) is 6.45. The number of nitrogens with two attached hydrogens (primary N) is 1. The number of nitrogens with one attached hydrogen (secondary N) is 1. The first-order chi connectivity index (χ1) is 9.43. The highest BCUT2D eigenvalue weighted by molar-refractivity contribution is 6.30. The van der Waals surface area contributed by atoms with Crippen LogP contribution >= 0.6 is 11.6 Å². The Labute approximate surface area is 124 Å². The van der Waals surface area contributed by atoms with Crippen LogP contribution in [0.4, 0.5) is 0 Å². The van der Waals surface area contributed by atoms with Gasteiger partial charge in [0.05, 0.1) is 20.1 Å². The number of amides is 1. The number of carbonyl (C=O) groups excluding carboxylic acids is 1. The summed E-state index contributed by atoms with van der Waals surface area (Å²) >= 11 is 6.06. The van der Waals surface area contributed by atoms with Gasteiger partial charge in [0, 0.05) is 29.2 Å². The molecule has 0 aromatic heterocycles. The fourth-order valence-electron chi connectivity index (χ4n) is 1.64. The molecule has 0 spiro atoms. The lowest BCUT2D eigenvalue weighted by molar-refractivity contribution is -0.118. The number of ether oxygens (including phenoxy) is 2. The van der Waals surface area contributed by atoms with Crippen LogP contribution in [0.2, 0.25) is 5.02 Å². The first-order valence-corrected chi connectivity index (χ1v) is 6.82. The Balaban J connectivity index is 2.92. The maximum Gasteiger partial charge on any atom is 0.220 e. The van der Waals surface area contributed by atoms with Crippen molar-refractivity contribution in [3.63, 3.8) is 0 Å². The summed E-state index contributed by atoms with van der Waals surface area (Å²) in [6.07, 6.45) is 0.156. The van der Waals surface area contributed by atoms with E-state index in [2.05, 4.69) is 19.2 Å². The second-order valence-electron chi connectivity index (χ2n) is 4.70. The van der Waals surface area contributed by atoms with E-state index < -0.39 is 5.91 Å². The summed E-state index contributed by atoms with van der Waals surface area (Å²) < 4.78 is 10.9. The third kappa shape index (κ3) is 5.27. The number of hydrogen-bond acceptors (Lipinski definition) is 4. The third-order valence-electron chi connectivity index (χ3n) is 2.61. The summed E-state index contributed by atoms with van der Waals surface area (Å²) in [5.41, 5.74) is 5.99. The van der Waals surface area contributed by atoms with Gasteiger partial charge in [-0.2, -0.15) is 0 Å². The van der Waals surface area contributed by atoms with E-state index >= 15 is 0 Å². The van der Waals surface area contributed by atoms with Gasteiger partial charge in [-0.1, -0.05) is 25.4 Å². The Morgan fingerprint density at radius 2 is 2.15 bits per heavy atom. The van der Waals surface area contributed by atoms with Gasteiger partial charge in [0.15, 0.2) is 11.5 Å². The van der Waals surface area contributed by atoms with Crippen molar-refractivity contribution in [3.05, 3.63) is 22.7 Å². The predicted octanol–water partition coefficient (Wildman–Crippen LogP) is 2.10.